The van der Waals surface area contributed by atoms with Gasteiger partial charge in [-0.2, -0.15) is 0 Å². The van der Waals surface area contributed by atoms with Crippen molar-refractivity contribution in [2.45, 2.75) is 26.0 Å². The zero-order valence-electron chi connectivity index (χ0n) is 16.7. The van der Waals surface area contributed by atoms with Crippen LogP contribution in [0.2, 0.25) is 0 Å². The number of carbonyl (C=O) groups is 2. The second kappa shape index (κ2) is 8.71. The molecule has 3 aromatic rings. The van der Waals surface area contributed by atoms with E-state index in [9.17, 15) is 14.7 Å². The minimum atomic E-state index is -1.43. The van der Waals surface area contributed by atoms with Gasteiger partial charge in [0.15, 0.2) is 0 Å². The number of benzene rings is 2. The molecule has 0 aliphatic carbocycles. The maximum absolute atomic E-state index is 12.9. The third kappa shape index (κ3) is 4.54. The number of methoxy groups -OCH3 is 1. The van der Waals surface area contributed by atoms with E-state index in [-0.39, 0.29) is 12.2 Å². The van der Waals surface area contributed by atoms with Crippen LogP contribution >= 0.6 is 15.9 Å². The van der Waals surface area contributed by atoms with Gasteiger partial charge in [0.2, 0.25) is 0 Å². The van der Waals surface area contributed by atoms with Crippen molar-refractivity contribution in [3.05, 3.63) is 64.4 Å². The third-order valence-electron chi connectivity index (χ3n) is 4.55. The van der Waals surface area contributed by atoms with Crippen molar-refractivity contribution in [1.82, 2.24) is 10.3 Å². The molecule has 1 heterocycles. The lowest BCUT2D eigenvalue weighted by Gasteiger charge is -2.22. The summed E-state index contributed by atoms with van der Waals surface area (Å²) in [6, 6.07) is 12.7. The van der Waals surface area contributed by atoms with Gasteiger partial charge in [-0.05, 0) is 41.2 Å². The first-order valence-corrected chi connectivity index (χ1v) is 9.91. The molecule has 0 aliphatic rings. The van der Waals surface area contributed by atoms with E-state index in [4.69, 9.17) is 9.47 Å². The monoisotopic (exact) mass is 472 g/mol. The largest absolute Gasteiger partial charge is 0.495 e. The van der Waals surface area contributed by atoms with Crippen LogP contribution in [0.1, 0.15) is 29.9 Å². The molecule has 0 saturated heterocycles. The van der Waals surface area contributed by atoms with E-state index in [0.29, 0.717) is 17.2 Å². The van der Waals surface area contributed by atoms with Gasteiger partial charge in [-0.1, -0.05) is 30.3 Å². The van der Waals surface area contributed by atoms with Gasteiger partial charge in [0, 0.05) is 17.6 Å². The van der Waals surface area contributed by atoms with E-state index in [2.05, 4.69) is 26.2 Å². The van der Waals surface area contributed by atoms with Crippen molar-refractivity contribution in [3.8, 4) is 11.5 Å². The summed E-state index contributed by atoms with van der Waals surface area (Å²) in [6.45, 7) is 2.94. The van der Waals surface area contributed by atoms with Gasteiger partial charge in [-0.15, -0.1) is 0 Å². The number of fused-ring (bicyclic) bond motifs is 1. The van der Waals surface area contributed by atoms with Gasteiger partial charge in [-0.3, -0.25) is 9.78 Å². The number of carbonyl (C=O) groups excluding carboxylic acids is 1. The Morgan fingerprint density at radius 2 is 1.93 bits per heavy atom. The standard InChI is InChI=1S/C22H21BrN2O5/c1-22(2,21(27)28)25-20(26)16-9-8-13-6-4-5-7-15(13)19(16)30-12-14-10-18(29-3)17(23)11-24-14/h4-11H,12H2,1-3H3,(H,25,26)(H,27,28). The first kappa shape index (κ1) is 21.6. The topological polar surface area (TPSA) is 97.8 Å². The molecule has 0 aliphatic heterocycles. The summed E-state index contributed by atoms with van der Waals surface area (Å²) >= 11 is 3.36. The summed E-state index contributed by atoms with van der Waals surface area (Å²) in [5.41, 5.74) is -0.576. The number of carboxylic acids is 1. The van der Waals surface area contributed by atoms with E-state index < -0.39 is 17.4 Å². The van der Waals surface area contributed by atoms with Gasteiger partial charge in [0.1, 0.15) is 23.6 Å². The number of nitrogens with one attached hydrogen (secondary N) is 1. The van der Waals surface area contributed by atoms with Gasteiger partial charge >= 0.3 is 5.97 Å². The van der Waals surface area contributed by atoms with Gasteiger partial charge in [0.25, 0.3) is 5.91 Å². The fourth-order valence-electron chi connectivity index (χ4n) is 2.82. The maximum Gasteiger partial charge on any atom is 0.328 e. The Labute approximate surface area is 182 Å². The SMILES string of the molecule is COc1cc(COc2c(C(=O)NC(C)(C)C(=O)O)ccc3ccccc23)ncc1Br. The summed E-state index contributed by atoms with van der Waals surface area (Å²) < 4.78 is 12.0. The summed E-state index contributed by atoms with van der Waals surface area (Å²) in [4.78, 5) is 28.6. The second-order valence-electron chi connectivity index (χ2n) is 7.15. The lowest BCUT2D eigenvalue weighted by molar-refractivity contribution is -0.143. The Balaban J connectivity index is 1.98. The Kier molecular flexibility index (Phi) is 6.26. The van der Waals surface area contributed by atoms with Crippen LogP contribution in [0, 0.1) is 0 Å². The van der Waals surface area contributed by atoms with E-state index in [1.165, 1.54) is 13.8 Å². The number of carboxylic acid groups (broad SMARTS) is 1. The Morgan fingerprint density at radius 1 is 1.20 bits per heavy atom. The summed E-state index contributed by atoms with van der Waals surface area (Å²) in [5, 5.41) is 13.5. The Hall–Kier alpha value is -3.13. The van der Waals surface area contributed by atoms with Crippen LogP contribution in [0.4, 0.5) is 0 Å². The molecule has 30 heavy (non-hydrogen) atoms. The Bertz CT molecular complexity index is 1110. The first-order chi connectivity index (χ1) is 14.2. The minimum absolute atomic E-state index is 0.0975. The number of ether oxygens (including phenoxy) is 2. The lowest BCUT2D eigenvalue weighted by atomic mass is 10.0. The van der Waals surface area contributed by atoms with Gasteiger partial charge < -0.3 is 19.9 Å². The number of nitrogens with zero attached hydrogens (tertiary/aromatic N) is 1. The number of halogens is 1. The number of amides is 1. The number of pyridine rings is 1. The van der Waals surface area contributed by atoms with Gasteiger partial charge in [0.05, 0.1) is 22.8 Å². The van der Waals surface area contributed by atoms with Crippen LogP contribution in [-0.4, -0.2) is 34.6 Å². The van der Waals surface area contributed by atoms with Crippen molar-refractivity contribution >= 4 is 38.6 Å². The molecule has 0 unspecified atom stereocenters. The Morgan fingerprint density at radius 3 is 2.63 bits per heavy atom. The quantitative estimate of drug-likeness (QED) is 0.535. The average molecular weight is 473 g/mol. The molecule has 2 N–H and O–H groups in total. The highest BCUT2D eigenvalue weighted by molar-refractivity contribution is 9.10. The molecule has 0 spiro atoms. The van der Waals surface area contributed by atoms with Crippen molar-refractivity contribution in [1.29, 1.82) is 0 Å². The van der Waals surface area contributed by atoms with Crippen LogP contribution < -0.4 is 14.8 Å². The fourth-order valence-corrected chi connectivity index (χ4v) is 3.20. The molecular formula is C22H21BrN2O5. The molecule has 0 bridgehead atoms. The van der Waals surface area contributed by atoms with E-state index in [1.807, 2.05) is 24.3 Å². The van der Waals surface area contributed by atoms with Crippen LogP contribution in [0.5, 0.6) is 11.5 Å². The third-order valence-corrected chi connectivity index (χ3v) is 5.14. The highest BCUT2D eigenvalue weighted by atomic mass is 79.9. The highest BCUT2D eigenvalue weighted by Gasteiger charge is 2.30. The molecule has 8 heteroatoms. The number of aliphatic carboxylic acids is 1. The first-order valence-electron chi connectivity index (χ1n) is 9.12. The molecule has 7 nitrogen and oxygen atoms in total. The number of hydrogen-bond donors (Lipinski definition) is 2. The summed E-state index contributed by atoms with van der Waals surface area (Å²) in [6.07, 6.45) is 1.61. The molecule has 3 rings (SSSR count). The van der Waals surface area contributed by atoms with Crippen molar-refractivity contribution < 1.29 is 24.2 Å². The highest BCUT2D eigenvalue weighted by Crippen LogP contribution is 2.32. The van der Waals surface area contributed by atoms with E-state index in [1.54, 1.807) is 31.5 Å². The molecule has 0 saturated carbocycles. The van der Waals surface area contributed by atoms with E-state index in [0.717, 1.165) is 15.2 Å². The lowest BCUT2D eigenvalue weighted by Crippen LogP contribution is -2.49. The predicted octanol–water partition coefficient (Wildman–Crippen LogP) is 4.18. The van der Waals surface area contributed by atoms with E-state index >= 15 is 0 Å². The summed E-state index contributed by atoms with van der Waals surface area (Å²) in [5.74, 6) is -0.701. The van der Waals surface area contributed by atoms with Crippen LogP contribution in [0.15, 0.2) is 53.1 Å². The fraction of sp³-hybridized carbons (Fsp3) is 0.227. The van der Waals surface area contributed by atoms with Crippen LogP contribution in [0.25, 0.3) is 10.8 Å². The molecule has 0 radical (unpaired) electrons. The van der Waals surface area contributed by atoms with Crippen LogP contribution in [0.3, 0.4) is 0 Å². The smallest absolute Gasteiger partial charge is 0.328 e. The number of aromatic nitrogens is 1. The molecule has 1 aromatic heterocycles. The number of hydrogen-bond acceptors (Lipinski definition) is 5. The van der Waals surface area contributed by atoms with Crippen LogP contribution in [-0.2, 0) is 11.4 Å². The van der Waals surface area contributed by atoms with Crippen molar-refractivity contribution in [2.75, 3.05) is 7.11 Å². The normalized spacial score (nSPS) is 11.2. The zero-order chi connectivity index (χ0) is 21.9. The molecule has 2 aromatic carbocycles. The molecule has 0 fully saturated rings. The molecule has 156 valence electrons. The van der Waals surface area contributed by atoms with Crippen molar-refractivity contribution in [2.24, 2.45) is 0 Å². The second-order valence-corrected chi connectivity index (χ2v) is 8.00. The van der Waals surface area contributed by atoms with Gasteiger partial charge in [-0.25, -0.2) is 4.79 Å². The number of rotatable bonds is 7. The average Bonchev–Trinajstić information content (AvgIpc) is 2.72. The molecular weight excluding hydrogens is 452 g/mol. The molecule has 0 atom stereocenters. The maximum atomic E-state index is 12.9. The summed E-state index contributed by atoms with van der Waals surface area (Å²) in [7, 11) is 1.56. The zero-order valence-corrected chi connectivity index (χ0v) is 18.3. The predicted molar refractivity (Wildman–Crippen MR) is 116 cm³/mol. The van der Waals surface area contributed by atoms with Crippen molar-refractivity contribution in [3.63, 3.8) is 0 Å². The molecule has 1 amide bonds. The minimum Gasteiger partial charge on any atom is -0.495 e.